The molecule has 2 unspecified atom stereocenters. The Morgan fingerprint density at radius 1 is 1.41 bits per heavy atom. The third-order valence-electron chi connectivity index (χ3n) is 3.61. The Morgan fingerprint density at radius 3 is 2.73 bits per heavy atom. The van der Waals surface area contributed by atoms with Crippen molar-refractivity contribution < 1.29 is 14.6 Å². The zero-order valence-corrected chi connectivity index (χ0v) is 13.8. The van der Waals surface area contributed by atoms with Crippen LogP contribution in [-0.2, 0) is 4.74 Å². The maximum absolute atomic E-state index is 12.1. The summed E-state index contributed by atoms with van der Waals surface area (Å²) >= 11 is 0. The summed E-state index contributed by atoms with van der Waals surface area (Å²) in [5, 5.41) is 13.3. The van der Waals surface area contributed by atoms with E-state index < -0.39 is 11.7 Å². The Hall–Kier alpha value is -1.75. The van der Waals surface area contributed by atoms with Crippen LogP contribution < -0.4 is 5.32 Å². The Kier molecular flexibility index (Phi) is 4.96. The highest BCUT2D eigenvalue weighted by molar-refractivity contribution is 5.68. The highest BCUT2D eigenvalue weighted by atomic mass is 16.6. The van der Waals surface area contributed by atoms with E-state index >= 15 is 0 Å². The Bertz CT molecular complexity index is 523. The fourth-order valence-electron chi connectivity index (χ4n) is 2.58. The molecule has 22 heavy (non-hydrogen) atoms. The average molecular weight is 306 g/mol. The molecule has 1 heterocycles. The first-order valence-electron chi connectivity index (χ1n) is 7.78. The molecule has 1 fully saturated rings. The molecule has 2 atom stereocenters. The van der Waals surface area contributed by atoms with Crippen molar-refractivity contribution in [3.8, 4) is 0 Å². The van der Waals surface area contributed by atoms with Gasteiger partial charge in [-0.3, -0.25) is 0 Å². The van der Waals surface area contributed by atoms with Crippen molar-refractivity contribution in [3.63, 3.8) is 0 Å². The largest absolute Gasteiger partial charge is 0.444 e. The van der Waals surface area contributed by atoms with Crippen molar-refractivity contribution in [2.24, 2.45) is 0 Å². The summed E-state index contributed by atoms with van der Waals surface area (Å²) in [7, 11) is 0. The first-order chi connectivity index (χ1) is 10.3. The summed E-state index contributed by atoms with van der Waals surface area (Å²) in [5.41, 5.74) is 1.33. The SMILES string of the molecule is CC(O)c1ccccc1NC1CCN(C(=O)OC(C)(C)C)C1. The number of hydrogen-bond donors (Lipinski definition) is 2. The van der Waals surface area contributed by atoms with Gasteiger partial charge in [0.05, 0.1) is 6.10 Å². The summed E-state index contributed by atoms with van der Waals surface area (Å²) in [6.45, 7) is 8.66. The number of nitrogens with zero attached hydrogens (tertiary/aromatic N) is 1. The number of carbonyl (C=O) groups is 1. The summed E-state index contributed by atoms with van der Waals surface area (Å²) in [6, 6.07) is 7.89. The van der Waals surface area contributed by atoms with Gasteiger partial charge in [0.15, 0.2) is 0 Å². The number of anilines is 1. The van der Waals surface area contributed by atoms with E-state index in [2.05, 4.69) is 5.32 Å². The molecular weight excluding hydrogens is 280 g/mol. The van der Waals surface area contributed by atoms with Crippen LogP contribution in [0.3, 0.4) is 0 Å². The van der Waals surface area contributed by atoms with Crippen LogP contribution in [0.1, 0.15) is 45.8 Å². The van der Waals surface area contributed by atoms with Gasteiger partial charge in [-0.25, -0.2) is 4.79 Å². The lowest BCUT2D eigenvalue weighted by Crippen LogP contribution is -2.36. The molecule has 0 spiro atoms. The van der Waals surface area contributed by atoms with Crippen LogP contribution in [-0.4, -0.2) is 40.8 Å². The fraction of sp³-hybridized carbons (Fsp3) is 0.588. The van der Waals surface area contributed by atoms with Crippen LogP contribution in [0.2, 0.25) is 0 Å². The number of hydrogen-bond acceptors (Lipinski definition) is 4. The van der Waals surface area contributed by atoms with Crippen molar-refractivity contribution in [2.45, 2.75) is 51.9 Å². The molecule has 1 amide bonds. The predicted molar refractivity (Wildman–Crippen MR) is 86.9 cm³/mol. The molecule has 2 rings (SSSR count). The van der Waals surface area contributed by atoms with Gasteiger partial charge in [0.2, 0.25) is 0 Å². The van der Waals surface area contributed by atoms with E-state index in [1.54, 1.807) is 11.8 Å². The number of rotatable bonds is 3. The molecule has 5 nitrogen and oxygen atoms in total. The quantitative estimate of drug-likeness (QED) is 0.900. The number of amides is 1. The minimum absolute atomic E-state index is 0.174. The molecule has 1 saturated heterocycles. The Balaban J connectivity index is 1.96. The van der Waals surface area contributed by atoms with Crippen LogP contribution in [0.5, 0.6) is 0 Å². The summed E-state index contributed by atoms with van der Waals surface area (Å²) in [6.07, 6.45) is 0.0839. The number of aliphatic hydroxyl groups excluding tert-OH is 1. The van der Waals surface area contributed by atoms with E-state index in [1.165, 1.54) is 0 Å². The van der Waals surface area contributed by atoms with Crippen LogP contribution in [0, 0.1) is 0 Å². The highest BCUT2D eigenvalue weighted by Gasteiger charge is 2.30. The zero-order chi connectivity index (χ0) is 16.3. The molecule has 1 aliphatic heterocycles. The lowest BCUT2D eigenvalue weighted by Gasteiger charge is -2.24. The molecule has 1 aliphatic rings. The standard InChI is InChI=1S/C17H26N2O3/c1-12(20)14-7-5-6-8-15(14)18-13-9-10-19(11-13)16(21)22-17(2,3)4/h5-8,12-13,18,20H,9-11H2,1-4H3. The van der Waals surface area contributed by atoms with Crippen molar-refractivity contribution in [1.29, 1.82) is 0 Å². The van der Waals surface area contributed by atoms with Crippen LogP contribution >= 0.6 is 0 Å². The Labute approximate surface area is 132 Å². The molecule has 0 saturated carbocycles. The van der Waals surface area contributed by atoms with E-state index in [1.807, 2.05) is 45.0 Å². The van der Waals surface area contributed by atoms with Crippen LogP contribution in [0.25, 0.3) is 0 Å². The normalized spacial score (nSPS) is 19.9. The molecule has 0 bridgehead atoms. The lowest BCUT2D eigenvalue weighted by atomic mass is 10.1. The summed E-state index contributed by atoms with van der Waals surface area (Å²) < 4.78 is 5.40. The second kappa shape index (κ2) is 6.57. The summed E-state index contributed by atoms with van der Waals surface area (Å²) in [5.74, 6) is 0. The fourth-order valence-corrected chi connectivity index (χ4v) is 2.58. The van der Waals surface area contributed by atoms with E-state index in [9.17, 15) is 9.90 Å². The molecule has 1 aromatic carbocycles. The van der Waals surface area contributed by atoms with Gasteiger partial charge in [-0.15, -0.1) is 0 Å². The van der Waals surface area contributed by atoms with Crippen molar-refractivity contribution in [3.05, 3.63) is 29.8 Å². The predicted octanol–water partition coefficient (Wildman–Crippen LogP) is 3.16. The highest BCUT2D eigenvalue weighted by Crippen LogP contribution is 2.25. The number of aliphatic hydroxyl groups is 1. The first-order valence-corrected chi connectivity index (χ1v) is 7.78. The maximum Gasteiger partial charge on any atom is 0.410 e. The molecule has 0 radical (unpaired) electrons. The van der Waals surface area contributed by atoms with Crippen molar-refractivity contribution in [1.82, 2.24) is 4.90 Å². The second-order valence-corrected chi connectivity index (χ2v) is 6.82. The van der Waals surface area contributed by atoms with Crippen molar-refractivity contribution >= 4 is 11.8 Å². The van der Waals surface area contributed by atoms with Gasteiger partial charge in [-0.2, -0.15) is 0 Å². The minimum atomic E-state index is -0.521. The van der Waals surface area contributed by atoms with Crippen LogP contribution in [0.4, 0.5) is 10.5 Å². The first kappa shape index (κ1) is 16.6. The number of carbonyl (C=O) groups excluding carboxylic acids is 1. The number of ether oxygens (including phenoxy) is 1. The molecule has 1 aromatic rings. The van der Waals surface area contributed by atoms with E-state index in [0.717, 1.165) is 17.7 Å². The van der Waals surface area contributed by atoms with Gasteiger partial charge < -0.3 is 20.1 Å². The van der Waals surface area contributed by atoms with Crippen LogP contribution in [0.15, 0.2) is 24.3 Å². The smallest absolute Gasteiger partial charge is 0.410 e. The molecule has 122 valence electrons. The van der Waals surface area contributed by atoms with Gasteiger partial charge in [-0.05, 0) is 40.2 Å². The van der Waals surface area contributed by atoms with Gasteiger partial charge in [0.1, 0.15) is 5.60 Å². The number of nitrogens with one attached hydrogen (secondary N) is 1. The number of benzene rings is 1. The molecule has 0 aliphatic carbocycles. The maximum atomic E-state index is 12.1. The lowest BCUT2D eigenvalue weighted by molar-refractivity contribution is 0.0293. The monoisotopic (exact) mass is 306 g/mol. The van der Waals surface area contributed by atoms with Gasteiger partial charge in [0.25, 0.3) is 0 Å². The average Bonchev–Trinajstić information content (AvgIpc) is 2.86. The van der Waals surface area contributed by atoms with Gasteiger partial charge in [0, 0.05) is 30.4 Å². The third kappa shape index (κ3) is 4.37. The second-order valence-electron chi connectivity index (χ2n) is 6.82. The molecule has 5 heteroatoms. The Morgan fingerprint density at radius 2 is 2.09 bits per heavy atom. The van der Waals surface area contributed by atoms with Crippen molar-refractivity contribution in [2.75, 3.05) is 18.4 Å². The molecular formula is C17H26N2O3. The van der Waals surface area contributed by atoms with E-state index in [-0.39, 0.29) is 12.1 Å². The minimum Gasteiger partial charge on any atom is -0.444 e. The molecule has 0 aromatic heterocycles. The third-order valence-corrected chi connectivity index (χ3v) is 3.61. The molecule has 2 N–H and O–H groups in total. The van der Waals surface area contributed by atoms with E-state index in [4.69, 9.17) is 4.74 Å². The zero-order valence-electron chi connectivity index (χ0n) is 13.8. The van der Waals surface area contributed by atoms with Gasteiger partial charge in [-0.1, -0.05) is 18.2 Å². The number of likely N-dealkylation sites (tertiary alicyclic amines) is 1. The van der Waals surface area contributed by atoms with Gasteiger partial charge >= 0.3 is 6.09 Å². The topological polar surface area (TPSA) is 61.8 Å². The van der Waals surface area contributed by atoms with E-state index in [0.29, 0.717) is 13.1 Å². The number of para-hydroxylation sites is 1. The summed E-state index contributed by atoms with van der Waals surface area (Å²) in [4.78, 5) is 13.8.